The Balaban J connectivity index is 1.86. The largest absolute Gasteiger partial charge is 0.478 e. The quantitative estimate of drug-likeness (QED) is 0.459. The van der Waals surface area contributed by atoms with Gasteiger partial charge in [-0.2, -0.15) is 0 Å². The van der Waals surface area contributed by atoms with Crippen molar-refractivity contribution in [3.05, 3.63) is 71.2 Å². The number of carbonyl (C=O) groups is 2. The van der Waals surface area contributed by atoms with Gasteiger partial charge in [0.05, 0.1) is 28.0 Å². The number of benzene rings is 2. The summed E-state index contributed by atoms with van der Waals surface area (Å²) in [6.07, 6.45) is 1.41. The molecule has 150 valence electrons. The molecule has 8 heteroatoms. The molecule has 0 bridgehead atoms. The average Bonchev–Trinajstić information content (AvgIpc) is 3.05. The van der Waals surface area contributed by atoms with Crippen LogP contribution in [-0.2, 0) is 0 Å². The molecule has 2 heterocycles. The first-order chi connectivity index (χ1) is 14.3. The molecule has 0 spiro atoms. The van der Waals surface area contributed by atoms with Crippen LogP contribution in [0.15, 0.2) is 53.2 Å². The highest BCUT2D eigenvalue weighted by Crippen LogP contribution is 2.34. The average molecular weight is 402 g/mol. The first-order valence-corrected chi connectivity index (χ1v) is 9.11. The molecule has 2 aromatic carbocycles. The fourth-order valence-corrected chi connectivity index (χ4v) is 3.44. The van der Waals surface area contributed by atoms with Crippen LogP contribution >= 0.6 is 0 Å². The Bertz CT molecular complexity index is 1290. The number of aromatic nitrogens is 2. The Kier molecular flexibility index (Phi) is 4.67. The molecular formula is C22H18N4O4. The van der Waals surface area contributed by atoms with Crippen molar-refractivity contribution in [2.45, 2.75) is 13.8 Å². The van der Waals surface area contributed by atoms with Gasteiger partial charge in [-0.15, -0.1) is 0 Å². The van der Waals surface area contributed by atoms with E-state index in [0.29, 0.717) is 28.0 Å². The minimum Gasteiger partial charge on any atom is -0.478 e. The molecule has 30 heavy (non-hydrogen) atoms. The number of fused-ring (bicyclic) bond motifs is 1. The lowest BCUT2D eigenvalue weighted by atomic mass is 10.0. The highest BCUT2D eigenvalue weighted by molar-refractivity contribution is 6.08. The van der Waals surface area contributed by atoms with Gasteiger partial charge in [0.1, 0.15) is 5.76 Å². The third kappa shape index (κ3) is 3.35. The number of primary amides is 1. The van der Waals surface area contributed by atoms with Crippen LogP contribution in [0.4, 0.5) is 11.4 Å². The van der Waals surface area contributed by atoms with Crippen LogP contribution < -0.4 is 11.1 Å². The molecule has 0 atom stereocenters. The number of carbonyl (C=O) groups excluding carboxylic acids is 1. The van der Waals surface area contributed by atoms with Crippen molar-refractivity contribution < 1.29 is 19.2 Å². The molecular weight excluding hydrogens is 384 g/mol. The van der Waals surface area contributed by atoms with Crippen molar-refractivity contribution in [2.75, 3.05) is 5.32 Å². The number of nitrogens with zero attached hydrogens (tertiary/aromatic N) is 2. The molecule has 0 aliphatic heterocycles. The summed E-state index contributed by atoms with van der Waals surface area (Å²) < 4.78 is 5.25. The van der Waals surface area contributed by atoms with Gasteiger partial charge >= 0.3 is 5.97 Å². The maximum absolute atomic E-state index is 12.0. The molecule has 1 amide bonds. The number of aryl methyl sites for hydroxylation is 2. The number of anilines is 2. The van der Waals surface area contributed by atoms with Gasteiger partial charge in [-0.1, -0.05) is 23.4 Å². The number of nitrogens with one attached hydrogen (secondary N) is 1. The van der Waals surface area contributed by atoms with E-state index in [1.54, 1.807) is 12.1 Å². The van der Waals surface area contributed by atoms with Gasteiger partial charge in [-0.3, -0.25) is 9.78 Å². The SMILES string of the molecule is Cc1noc(C)c1-c1ccc2c(Nc3cccc(C(=O)O)c3)c(C(N)=O)cnc2c1. The van der Waals surface area contributed by atoms with Crippen molar-refractivity contribution in [2.24, 2.45) is 5.73 Å². The fraction of sp³-hybridized carbons (Fsp3) is 0.0909. The van der Waals surface area contributed by atoms with Gasteiger partial charge in [-0.05, 0) is 43.7 Å². The first kappa shape index (κ1) is 19.1. The molecule has 0 aliphatic carbocycles. The Morgan fingerprint density at radius 2 is 1.93 bits per heavy atom. The van der Waals surface area contributed by atoms with Gasteiger partial charge in [0.15, 0.2) is 0 Å². The topological polar surface area (TPSA) is 131 Å². The molecule has 0 saturated heterocycles. The minimum atomic E-state index is -1.04. The zero-order chi connectivity index (χ0) is 21.4. The summed E-state index contributed by atoms with van der Waals surface area (Å²) in [7, 11) is 0. The van der Waals surface area contributed by atoms with Crippen molar-refractivity contribution >= 4 is 34.2 Å². The minimum absolute atomic E-state index is 0.125. The zero-order valence-electron chi connectivity index (χ0n) is 16.3. The standard InChI is InChI=1S/C22H18N4O4/c1-11-19(12(2)30-26-11)13-6-7-16-18(9-13)24-10-17(21(23)27)20(16)25-15-5-3-4-14(8-15)22(28)29/h3-10H,1-2H3,(H2,23,27)(H,24,25)(H,28,29). The van der Waals surface area contributed by atoms with E-state index >= 15 is 0 Å². The van der Waals surface area contributed by atoms with E-state index in [2.05, 4.69) is 15.5 Å². The van der Waals surface area contributed by atoms with Gasteiger partial charge < -0.3 is 20.7 Å². The Labute approximate surface area is 171 Å². The summed E-state index contributed by atoms with van der Waals surface area (Å²) >= 11 is 0. The van der Waals surface area contributed by atoms with Gasteiger partial charge in [-0.25, -0.2) is 4.79 Å². The molecule has 0 saturated carbocycles. The predicted molar refractivity (Wildman–Crippen MR) is 112 cm³/mol. The van der Waals surface area contributed by atoms with Crippen molar-refractivity contribution in [1.29, 1.82) is 0 Å². The summed E-state index contributed by atoms with van der Waals surface area (Å²) in [6.45, 7) is 3.70. The lowest BCUT2D eigenvalue weighted by Crippen LogP contribution is -2.14. The maximum Gasteiger partial charge on any atom is 0.335 e. The summed E-state index contributed by atoms with van der Waals surface area (Å²) in [6, 6.07) is 11.9. The number of rotatable bonds is 5. The number of nitrogens with two attached hydrogens (primary N) is 1. The lowest BCUT2D eigenvalue weighted by Gasteiger charge is -2.14. The predicted octanol–water partition coefficient (Wildman–Crippen LogP) is 4.05. The summed E-state index contributed by atoms with van der Waals surface area (Å²) in [5.41, 5.74) is 10.0. The molecule has 0 unspecified atom stereocenters. The van der Waals surface area contributed by atoms with Crippen molar-refractivity contribution in [3.63, 3.8) is 0 Å². The monoisotopic (exact) mass is 402 g/mol. The fourth-order valence-electron chi connectivity index (χ4n) is 3.44. The zero-order valence-corrected chi connectivity index (χ0v) is 16.3. The summed E-state index contributed by atoms with van der Waals surface area (Å²) in [5.74, 6) is -0.988. The normalized spacial score (nSPS) is 10.9. The molecule has 2 aromatic heterocycles. The lowest BCUT2D eigenvalue weighted by molar-refractivity contribution is 0.0696. The van der Waals surface area contributed by atoms with Gasteiger partial charge in [0, 0.05) is 22.8 Å². The molecule has 4 N–H and O–H groups in total. The van der Waals surface area contributed by atoms with Crippen LogP contribution in [0.25, 0.3) is 22.0 Å². The summed E-state index contributed by atoms with van der Waals surface area (Å²) in [4.78, 5) is 27.7. The van der Waals surface area contributed by atoms with E-state index in [9.17, 15) is 14.7 Å². The first-order valence-electron chi connectivity index (χ1n) is 9.11. The molecule has 4 aromatic rings. The second-order valence-electron chi connectivity index (χ2n) is 6.85. The number of hydrogen-bond acceptors (Lipinski definition) is 6. The van der Waals surface area contributed by atoms with E-state index in [1.807, 2.05) is 32.0 Å². The third-order valence-electron chi connectivity index (χ3n) is 4.84. The van der Waals surface area contributed by atoms with Crippen molar-refractivity contribution in [3.8, 4) is 11.1 Å². The van der Waals surface area contributed by atoms with Crippen molar-refractivity contribution in [1.82, 2.24) is 10.1 Å². The number of carboxylic acids is 1. The number of amides is 1. The Morgan fingerprint density at radius 3 is 2.60 bits per heavy atom. The molecule has 8 nitrogen and oxygen atoms in total. The number of carboxylic acid groups (broad SMARTS) is 1. The maximum atomic E-state index is 12.0. The number of hydrogen-bond donors (Lipinski definition) is 3. The van der Waals surface area contributed by atoms with E-state index in [-0.39, 0.29) is 11.1 Å². The second kappa shape index (κ2) is 7.32. The Morgan fingerprint density at radius 1 is 1.13 bits per heavy atom. The molecule has 0 radical (unpaired) electrons. The molecule has 0 aliphatic rings. The van der Waals surface area contributed by atoms with Crippen LogP contribution in [0, 0.1) is 13.8 Å². The van der Waals surface area contributed by atoms with Gasteiger partial charge in [0.25, 0.3) is 5.91 Å². The number of aromatic carboxylic acids is 1. The summed E-state index contributed by atoms with van der Waals surface area (Å²) in [5, 5.41) is 17.0. The van der Waals surface area contributed by atoms with E-state index < -0.39 is 11.9 Å². The van der Waals surface area contributed by atoms with Crippen LogP contribution in [0.1, 0.15) is 32.2 Å². The van der Waals surface area contributed by atoms with Crippen LogP contribution in [0.5, 0.6) is 0 Å². The molecule has 4 rings (SSSR count). The highest BCUT2D eigenvalue weighted by Gasteiger charge is 2.17. The second-order valence-corrected chi connectivity index (χ2v) is 6.85. The Hall–Kier alpha value is -4.20. The third-order valence-corrected chi connectivity index (χ3v) is 4.84. The van der Waals surface area contributed by atoms with Crippen LogP contribution in [0.2, 0.25) is 0 Å². The van der Waals surface area contributed by atoms with E-state index in [0.717, 1.165) is 16.8 Å². The molecule has 0 fully saturated rings. The van der Waals surface area contributed by atoms with E-state index in [1.165, 1.54) is 18.3 Å². The van der Waals surface area contributed by atoms with Crippen LogP contribution in [-0.4, -0.2) is 27.1 Å². The number of pyridine rings is 1. The smallest absolute Gasteiger partial charge is 0.335 e. The van der Waals surface area contributed by atoms with Gasteiger partial charge in [0.2, 0.25) is 0 Å². The van der Waals surface area contributed by atoms with Crippen LogP contribution in [0.3, 0.4) is 0 Å². The highest BCUT2D eigenvalue weighted by atomic mass is 16.5. The van der Waals surface area contributed by atoms with E-state index in [4.69, 9.17) is 10.3 Å².